The van der Waals surface area contributed by atoms with Crippen LogP contribution in [0.25, 0.3) is 6.08 Å². The summed E-state index contributed by atoms with van der Waals surface area (Å²) in [5, 5.41) is 3.01. The molecule has 0 saturated heterocycles. The van der Waals surface area contributed by atoms with Gasteiger partial charge in [-0.1, -0.05) is 29.8 Å². The van der Waals surface area contributed by atoms with Crippen LogP contribution in [0.15, 0.2) is 30.3 Å². The van der Waals surface area contributed by atoms with Crippen LogP contribution in [-0.4, -0.2) is 24.3 Å². The maximum atomic E-state index is 12.2. The third-order valence-electron chi connectivity index (χ3n) is 3.69. The van der Waals surface area contributed by atoms with Gasteiger partial charge in [-0.05, 0) is 44.9 Å². The highest BCUT2D eigenvalue weighted by atomic mass is 32.1. The van der Waals surface area contributed by atoms with Gasteiger partial charge in [0, 0.05) is 6.08 Å². The maximum Gasteiger partial charge on any atom is 0.341 e. The van der Waals surface area contributed by atoms with Crippen molar-refractivity contribution in [2.75, 3.05) is 11.9 Å². The van der Waals surface area contributed by atoms with Crippen molar-refractivity contribution in [2.45, 2.75) is 27.7 Å². The van der Waals surface area contributed by atoms with E-state index in [0.29, 0.717) is 15.4 Å². The summed E-state index contributed by atoms with van der Waals surface area (Å²) in [4.78, 5) is 36.7. The van der Waals surface area contributed by atoms with Crippen molar-refractivity contribution in [2.24, 2.45) is 0 Å². The van der Waals surface area contributed by atoms with Gasteiger partial charge in [-0.2, -0.15) is 0 Å². The van der Waals surface area contributed by atoms with Gasteiger partial charge in [0.1, 0.15) is 5.00 Å². The number of ether oxygens (including phenoxy) is 1. The predicted octanol–water partition coefficient (Wildman–Crippen LogP) is 4.40. The number of carbonyl (C=O) groups is 3. The first-order valence-electron chi connectivity index (χ1n) is 8.20. The molecule has 5 nitrogen and oxygen atoms in total. The molecule has 6 heteroatoms. The van der Waals surface area contributed by atoms with Crippen LogP contribution < -0.4 is 5.32 Å². The lowest BCUT2D eigenvalue weighted by Crippen LogP contribution is -2.12. The third kappa shape index (κ3) is 4.67. The summed E-state index contributed by atoms with van der Waals surface area (Å²) in [6.07, 6.45) is 3.08. The highest BCUT2D eigenvalue weighted by molar-refractivity contribution is 7.18. The molecule has 136 valence electrons. The number of nitrogens with one attached hydrogen (secondary N) is 1. The second-order valence-corrected chi connectivity index (χ2v) is 6.79. The molecule has 0 aliphatic carbocycles. The lowest BCUT2D eigenvalue weighted by atomic mass is 10.1. The van der Waals surface area contributed by atoms with Crippen molar-refractivity contribution in [1.29, 1.82) is 0 Å². The fourth-order valence-electron chi connectivity index (χ4n) is 2.39. The van der Waals surface area contributed by atoms with Crippen LogP contribution in [-0.2, 0) is 9.53 Å². The fourth-order valence-corrected chi connectivity index (χ4v) is 3.48. The van der Waals surface area contributed by atoms with E-state index in [2.05, 4.69) is 5.32 Å². The van der Waals surface area contributed by atoms with Crippen molar-refractivity contribution >= 4 is 40.1 Å². The van der Waals surface area contributed by atoms with E-state index in [9.17, 15) is 14.4 Å². The van der Waals surface area contributed by atoms with E-state index < -0.39 is 5.97 Å². The minimum absolute atomic E-state index is 0.159. The van der Waals surface area contributed by atoms with Gasteiger partial charge >= 0.3 is 5.97 Å². The van der Waals surface area contributed by atoms with Crippen molar-refractivity contribution in [3.63, 3.8) is 0 Å². The Morgan fingerprint density at radius 1 is 1.15 bits per heavy atom. The molecule has 0 aliphatic rings. The molecule has 1 aromatic carbocycles. The number of carbonyl (C=O) groups excluding carboxylic acids is 3. The Morgan fingerprint density at radius 2 is 1.81 bits per heavy atom. The zero-order valence-corrected chi connectivity index (χ0v) is 16.0. The van der Waals surface area contributed by atoms with Gasteiger partial charge < -0.3 is 10.1 Å². The molecule has 26 heavy (non-hydrogen) atoms. The summed E-state index contributed by atoms with van der Waals surface area (Å²) in [6.45, 7) is 7.01. The topological polar surface area (TPSA) is 72.5 Å². The number of esters is 1. The number of ketones is 1. The first-order chi connectivity index (χ1) is 12.3. The summed E-state index contributed by atoms with van der Waals surface area (Å²) >= 11 is 1.08. The molecule has 0 fully saturated rings. The van der Waals surface area contributed by atoms with Crippen LogP contribution in [0.3, 0.4) is 0 Å². The quantitative estimate of drug-likeness (QED) is 0.464. The normalized spacial score (nSPS) is 10.8. The molecule has 0 bridgehead atoms. The minimum Gasteiger partial charge on any atom is -0.462 e. The Hall–Kier alpha value is -2.73. The van der Waals surface area contributed by atoms with E-state index in [1.165, 1.54) is 13.0 Å². The van der Waals surface area contributed by atoms with E-state index in [1.54, 1.807) is 19.9 Å². The molecule has 1 N–H and O–H groups in total. The third-order valence-corrected chi connectivity index (χ3v) is 5.00. The SMILES string of the molecule is CCOC(=O)c1c(NC(=O)/C=C/c2ccc(C)cc2)sc(C(C)=O)c1C. The monoisotopic (exact) mass is 371 g/mol. The van der Waals surface area contributed by atoms with E-state index in [0.717, 1.165) is 22.5 Å². The summed E-state index contributed by atoms with van der Waals surface area (Å²) < 4.78 is 5.05. The Labute approximate surface area is 156 Å². The van der Waals surface area contributed by atoms with Gasteiger partial charge in [0.25, 0.3) is 0 Å². The summed E-state index contributed by atoms with van der Waals surface area (Å²) in [7, 11) is 0. The molecule has 0 spiro atoms. The zero-order valence-electron chi connectivity index (χ0n) is 15.2. The van der Waals surface area contributed by atoms with Crippen LogP contribution in [0.4, 0.5) is 5.00 Å². The molecule has 0 radical (unpaired) electrons. The van der Waals surface area contributed by atoms with Gasteiger partial charge in [-0.25, -0.2) is 4.79 Å². The number of Topliss-reactive ketones (excluding diaryl/α,β-unsaturated/α-hetero) is 1. The molecular weight excluding hydrogens is 350 g/mol. The molecule has 0 atom stereocenters. The maximum absolute atomic E-state index is 12.2. The van der Waals surface area contributed by atoms with Gasteiger partial charge in [-0.3, -0.25) is 9.59 Å². The van der Waals surface area contributed by atoms with E-state index in [4.69, 9.17) is 4.74 Å². The number of thiophene rings is 1. The first-order valence-corrected chi connectivity index (χ1v) is 9.02. The summed E-state index contributed by atoms with van der Waals surface area (Å²) in [5.41, 5.74) is 2.79. The number of hydrogen-bond donors (Lipinski definition) is 1. The first kappa shape index (κ1) is 19.6. The number of rotatable bonds is 6. The molecule has 0 unspecified atom stereocenters. The highest BCUT2D eigenvalue weighted by Gasteiger charge is 2.24. The molecule has 1 amide bonds. The van der Waals surface area contributed by atoms with Gasteiger partial charge in [0.15, 0.2) is 5.78 Å². The number of hydrogen-bond acceptors (Lipinski definition) is 5. The summed E-state index contributed by atoms with van der Waals surface area (Å²) in [5.74, 6) is -1.09. The largest absolute Gasteiger partial charge is 0.462 e. The Kier molecular flexibility index (Phi) is 6.46. The molecule has 0 saturated carbocycles. The average molecular weight is 371 g/mol. The second-order valence-electron chi connectivity index (χ2n) is 5.77. The van der Waals surface area contributed by atoms with Crippen molar-refractivity contribution in [3.8, 4) is 0 Å². The second kappa shape index (κ2) is 8.58. The smallest absolute Gasteiger partial charge is 0.341 e. The average Bonchev–Trinajstić information content (AvgIpc) is 2.91. The zero-order chi connectivity index (χ0) is 19.3. The van der Waals surface area contributed by atoms with Gasteiger partial charge in [0.2, 0.25) is 5.91 Å². The van der Waals surface area contributed by atoms with E-state index in [-0.39, 0.29) is 23.9 Å². The summed E-state index contributed by atoms with van der Waals surface area (Å²) in [6, 6.07) is 7.73. The number of anilines is 1. The molecule has 0 aliphatic heterocycles. The molecule has 1 heterocycles. The minimum atomic E-state index is -0.549. The van der Waals surface area contributed by atoms with Crippen LogP contribution in [0.2, 0.25) is 0 Å². The molecule has 2 rings (SSSR count). The van der Waals surface area contributed by atoms with Crippen molar-refractivity contribution in [1.82, 2.24) is 0 Å². The van der Waals surface area contributed by atoms with Crippen molar-refractivity contribution in [3.05, 3.63) is 57.5 Å². The van der Waals surface area contributed by atoms with E-state index in [1.807, 2.05) is 31.2 Å². The van der Waals surface area contributed by atoms with Gasteiger partial charge in [0.05, 0.1) is 17.0 Å². The van der Waals surface area contributed by atoms with Crippen LogP contribution >= 0.6 is 11.3 Å². The Morgan fingerprint density at radius 3 is 2.38 bits per heavy atom. The van der Waals surface area contributed by atoms with Crippen LogP contribution in [0, 0.1) is 13.8 Å². The number of benzene rings is 1. The lowest BCUT2D eigenvalue weighted by Gasteiger charge is -2.05. The van der Waals surface area contributed by atoms with E-state index >= 15 is 0 Å². The fraction of sp³-hybridized carbons (Fsp3) is 0.250. The van der Waals surface area contributed by atoms with Crippen LogP contribution in [0.1, 0.15) is 50.6 Å². The number of aryl methyl sites for hydroxylation is 1. The molecular formula is C20H21NO4S. The van der Waals surface area contributed by atoms with Gasteiger partial charge in [-0.15, -0.1) is 11.3 Å². The van der Waals surface area contributed by atoms with Crippen LogP contribution in [0.5, 0.6) is 0 Å². The Balaban J connectivity index is 2.25. The predicted molar refractivity (Wildman–Crippen MR) is 104 cm³/mol. The lowest BCUT2D eigenvalue weighted by molar-refractivity contribution is -0.111. The standard InChI is InChI=1S/C20H21NO4S/c1-5-25-20(24)17-13(3)18(14(4)22)26-19(17)21-16(23)11-10-15-8-6-12(2)7-9-15/h6-11H,5H2,1-4H3,(H,21,23)/b11-10+. The molecule has 2 aromatic rings. The Bertz CT molecular complexity index is 863. The highest BCUT2D eigenvalue weighted by Crippen LogP contribution is 2.34. The number of amides is 1. The van der Waals surface area contributed by atoms with Crippen molar-refractivity contribution < 1.29 is 19.1 Å². The molecule has 1 aromatic heterocycles.